The molecule has 0 bridgehead atoms. The number of benzene rings is 1. The Hall–Kier alpha value is -2.70. The highest BCUT2D eigenvalue weighted by molar-refractivity contribution is 6.46. The van der Waals surface area contributed by atoms with E-state index in [2.05, 4.69) is 15.3 Å². The van der Waals surface area contributed by atoms with E-state index in [1.165, 1.54) is 7.11 Å². The summed E-state index contributed by atoms with van der Waals surface area (Å²) in [6, 6.07) is 2.98. The molecule has 1 aromatic rings. The molecule has 1 fully saturated rings. The third kappa shape index (κ3) is 2.11. The minimum Gasteiger partial charge on any atom is -0.464 e. The Morgan fingerprint density at radius 2 is 1.78 bits per heavy atom. The van der Waals surface area contributed by atoms with Crippen LogP contribution < -0.4 is 10.3 Å². The van der Waals surface area contributed by atoms with Crippen LogP contribution in [0.25, 0.3) is 0 Å². The topological polar surface area (TPSA) is 88.1 Å². The van der Waals surface area contributed by atoms with Gasteiger partial charge in [0.15, 0.2) is 5.71 Å². The van der Waals surface area contributed by atoms with Gasteiger partial charge in [0.25, 0.3) is 5.91 Å². The molecule has 7 heteroatoms. The maximum atomic E-state index is 12.8. The monoisotopic (exact) mass is 315 g/mol. The lowest BCUT2D eigenvalue weighted by atomic mass is 9.99. The van der Waals surface area contributed by atoms with Crippen molar-refractivity contribution in [2.75, 3.05) is 12.0 Å². The van der Waals surface area contributed by atoms with Crippen molar-refractivity contribution >= 4 is 29.2 Å². The van der Waals surface area contributed by atoms with Gasteiger partial charge >= 0.3 is 5.97 Å². The number of hydrazone groups is 1. The summed E-state index contributed by atoms with van der Waals surface area (Å²) in [5.41, 5.74) is 5.83. The Kier molecular flexibility index (Phi) is 3.43. The fourth-order valence-corrected chi connectivity index (χ4v) is 3.31. The summed E-state index contributed by atoms with van der Waals surface area (Å²) in [6.45, 7) is 5.66. The Balaban J connectivity index is 2.05. The number of esters is 1. The number of amides is 2. The van der Waals surface area contributed by atoms with E-state index in [0.29, 0.717) is 5.69 Å². The number of hydrogen-bond donors (Lipinski definition) is 1. The molecule has 2 aliphatic heterocycles. The fraction of sp³-hybridized carbons (Fsp3) is 0.375. The SMILES string of the molecule is COC(=O)C1=NN[C@@H]2C(=O)N(c3c(C)cc(C)cc3C)C(=O)[C@H]12. The number of rotatable bonds is 2. The Morgan fingerprint density at radius 3 is 2.35 bits per heavy atom. The van der Waals surface area contributed by atoms with E-state index >= 15 is 0 Å². The maximum absolute atomic E-state index is 12.8. The number of methoxy groups -OCH3 is 1. The van der Waals surface area contributed by atoms with E-state index in [1.54, 1.807) is 0 Å². The number of hydrogen-bond acceptors (Lipinski definition) is 6. The van der Waals surface area contributed by atoms with E-state index in [0.717, 1.165) is 21.6 Å². The van der Waals surface area contributed by atoms with Crippen molar-refractivity contribution in [3.8, 4) is 0 Å². The molecule has 3 rings (SSSR count). The van der Waals surface area contributed by atoms with Gasteiger partial charge < -0.3 is 4.74 Å². The third-order valence-corrected chi connectivity index (χ3v) is 4.18. The molecule has 2 atom stereocenters. The number of carbonyl (C=O) groups is 3. The minimum absolute atomic E-state index is 0.0548. The van der Waals surface area contributed by atoms with Crippen molar-refractivity contribution in [3.05, 3.63) is 28.8 Å². The van der Waals surface area contributed by atoms with Crippen LogP contribution in [0, 0.1) is 26.7 Å². The lowest BCUT2D eigenvalue weighted by molar-refractivity contribution is -0.133. The number of nitrogens with one attached hydrogen (secondary N) is 1. The maximum Gasteiger partial charge on any atom is 0.355 e. The molecule has 2 aliphatic rings. The number of imide groups is 1. The lowest BCUT2D eigenvalue weighted by Gasteiger charge is -2.21. The van der Waals surface area contributed by atoms with Gasteiger partial charge in [-0.2, -0.15) is 5.10 Å². The van der Waals surface area contributed by atoms with Crippen LogP contribution >= 0.6 is 0 Å². The van der Waals surface area contributed by atoms with Gasteiger partial charge in [0.1, 0.15) is 12.0 Å². The first-order chi connectivity index (χ1) is 10.9. The number of nitrogens with zero attached hydrogens (tertiary/aromatic N) is 2. The first-order valence-corrected chi connectivity index (χ1v) is 7.24. The lowest BCUT2D eigenvalue weighted by Crippen LogP contribution is -2.37. The zero-order valence-electron chi connectivity index (χ0n) is 13.3. The fourth-order valence-electron chi connectivity index (χ4n) is 3.31. The summed E-state index contributed by atoms with van der Waals surface area (Å²) in [4.78, 5) is 38.4. The Bertz CT molecular complexity index is 746. The van der Waals surface area contributed by atoms with Crippen LogP contribution in [0.1, 0.15) is 16.7 Å². The number of fused-ring (bicyclic) bond motifs is 1. The average Bonchev–Trinajstić information content (AvgIpc) is 3.01. The van der Waals surface area contributed by atoms with Crippen molar-refractivity contribution in [2.45, 2.75) is 26.8 Å². The predicted octanol–water partition coefficient (Wildman–Crippen LogP) is 0.602. The zero-order chi connectivity index (χ0) is 16.9. The van der Waals surface area contributed by atoms with Crippen LogP contribution in [0.15, 0.2) is 17.2 Å². The van der Waals surface area contributed by atoms with E-state index < -0.39 is 29.7 Å². The number of ether oxygens (including phenoxy) is 1. The van der Waals surface area contributed by atoms with Gasteiger partial charge in [-0.3, -0.25) is 15.0 Å². The zero-order valence-corrected chi connectivity index (χ0v) is 13.3. The van der Waals surface area contributed by atoms with Gasteiger partial charge in [0.2, 0.25) is 5.91 Å². The highest BCUT2D eigenvalue weighted by Crippen LogP contribution is 2.35. The van der Waals surface area contributed by atoms with E-state index in [4.69, 9.17) is 0 Å². The molecule has 0 aromatic heterocycles. The quantitative estimate of drug-likeness (QED) is 0.638. The Morgan fingerprint density at radius 1 is 1.17 bits per heavy atom. The summed E-state index contributed by atoms with van der Waals surface area (Å²) in [7, 11) is 1.21. The van der Waals surface area contributed by atoms with Crippen LogP contribution in [-0.4, -0.2) is 36.6 Å². The molecule has 23 heavy (non-hydrogen) atoms. The molecule has 1 N–H and O–H groups in total. The summed E-state index contributed by atoms with van der Waals surface area (Å²) in [5.74, 6) is -2.50. The predicted molar refractivity (Wildman–Crippen MR) is 83.0 cm³/mol. The molecule has 1 aromatic carbocycles. The van der Waals surface area contributed by atoms with Crippen LogP contribution in [0.4, 0.5) is 5.69 Å². The largest absolute Gasteiger partial charge is 0.464 e. The second kappa shape index (κ2) is 5.19. The van der Waals surface area contributed by atoms with Crippen molar-refractivity contribution in [1.29, 1.82) is 0 Å². The second-order valence-electron chi connectivity index (χ2n) is 5.83. The molecular weight excluding hydrogens is 298 g/mol. The van der Waals surface area contributed by atoms with Crippen molar-refractivity contribution < 1.29 is 19.1 Å². The van der Waals surface area contributed by atoms with Gasteiger partial charge in [-0.25, -0.2) is 9.69 Å². The van der Waals surface area contributed by atoms with Crippen LogP contribution in [0.5, 0.6) is 0 Å². The van der Waals surface area contributed by atoms with Gasteiger partial charge in [-0.05, 0) is 31.9 Å². The molecule has 1 saturated heterocycles. The molecule has 0 aliphatic carbocycles. The molecule has 2 heterocycles. The summed E-state index contributed by atoms with van der Waals surface area (Å²) >= 11 is 0. The van der Waals surface area contributed by atoms with E-state index in [9.17, 15) is 14.4 Å². The highest BCUT2D eigenvalue weighted by Gasteiger charge is 2.56. The molecule has 7 nitrogen and oxygen atoms in total. The molecule has 0 unspecified atom stereocenters. The van der Waals surface area contributed by atoms with Crippen molar-refractivity contribution in [3.63, 3.8) is 0 Å². The molecule has 120 valence electrons. The number of anilines is 1. The van der Waals surface area contributed by atoms with E-state index in [1.807, 2.05) is 32.9 Å². The first kappa shape index (κ1) is 15.2. The molecule has 0 spiro atoms. The number of aryl methyl sites for hydroxylation is 3. The molecule has 0 saturated carbocycles. The minimum atomic E-state index is -0.935. The Labute approximate surface area is 133 Å². The number of carbonyl (C=O) groups excluding carboxylic acids is 3. The normalized spacial score (nSPS) is 22.8. The summed E-state index contributed by atoms with van der Waals surface area (Å²) in [5, 5.41) is 3.80. The smallest absolute Gasteiger partial charge is 0.355 e. The highest BCUT2D eigenvalue weighted by atomic mass is 16.5. The van der Waals surface area contributed by atoms with E-state index in [-0.39, 0.29) is 5.71 Å². The standard InChI is InChI=1S/C16H17N3O4/c1-7-5-8(2)13(9(3)6-7)19-14(20)10-11(15(19)21)17-18-12(10)16(22)23-4/h5-6,10-11,17H,1-4H3/t10-,11-/m0/s1. The molecule has 2 amide bonds. The van der Waals surface area contributed by atoms with Gasteiger partial charge in [-0.15, -0.1) is 0 Å². The summed E-state index contributed by atoms with van der Waals surface area (Å²) in [6.07, 6.45) is 0. The van der Waals surface area contributed by atoms with Crippen LogP contribution in [-0.2, 0) is 19.1 Å². The summed E-state index contributed by atoms with van der Waals surface area (Å²) < 4.78 is 4.64. The van der Waals surface area contributed by atoms with Crippen LogP contribution in [0.2, 0.25) is 0 Å². The first-order valence-electron chi connectivity index (χ1n) is 7.24. The molecular formula is C16H17N3O4. The second-order valence-corrected chi connectivity index (χ2v) is 5.83. The van der Waals surface area contributed by atoms with Gasteiger partial charge in [-0.1, -0.05) is 17.7 Å². The van der Waals surface area contributed by atoms with Gasteiger partial charge in [0.05, 0.1) is 12.8 Å². The molecule has 0 radical (unpaired) electrons. The van der Waals surface area contributed by atoms with Crippen molar-refractivity contribution in [1.82, 2.24) is 5.43 Å². The third-order valence-electron chi connectivity index (χ3n) is 4.18. The van der Waals surface area contributed by atoms with Crippen LogP contribution in [0.3, 0.4) is 0 Å². The average molecular weight is 315 g/mol. The van der Waals surface area contributed by atoms with Crippen molar-refractivity contribution in [2.24, 2.45) is 11.0 Å². The van der Waals surface area contributed by atoms with Gasteiger partial charge in [0, 0.05) is 0 Å².